The van der Waals surface area contributed by atoms with E-state index in [2.05, 4.69) is 28.3 Å². The summed E-state index contributed by atoms with van der Waals surface area (Å²) in [7, 11) is 0. The molecular weight excluding hydrogens is 222 g/mol. The van der Waals surface area contributed by atoms with E-state index in [0.29, 0.717) is 0 Å². The number of rotatable bonds is 2. The van der Waals surface area contributed by atoms with E-state index in [1.807, 2.05) is 46.8 Å². The Morgan fingerprint density at radius 3 is 1.78 bits per heavy atom. The summed E-state index contributed by atoms with van der Waals surface area (Å²) < 4.78 is 0. The van der Waals surface area contributed by atoms with Crippen LogP contribution in [0.5, 0.6) is 0 Å². The van der Waals surface area contributed by atoms with Crippen molar-refractivity contribution < 1.29 is 0 Å². The number of allylic oxidation sites excluding steroid dienone is 1. The highest BCUT2D eigenvalue weighted by Crippen LogP contribution is 1.88. The van der Waals surface area contributed by atoms with Crippen LogP contribution >= 0.6 is 0 Å². The fourth-order valence-corrected chi connectivity index (χ4v) is 0.566. The monoisotopic (exact) mass is 249 g/mol. The molecule has 0 spiro atoms. The Kier molecular flexibility index (Phi) is 24.6. The van der Waals surface area contributed by atoms with Gasteiger partial charge in [0.2, 0.25) is 0 Å². The number of pyridine rings is 1. The summed E-state index contributed by atoms with van der Waals surface area (Å²) in [4.78, 5) is 10.9. The third kappa shape index (κ3) is 23.8. The Morgan fingerprint density at radius 2 is 1.61 bits per heavy atom. The zero-order valence-electron chi connectivity index (χ0n) is 12.6. The molecule has 0 unspecified atom stereocenters. The van der Waals surface area contributed by atoms with Gasteiger partial charge >= 0.3 is 0 Å². The summed E-state index contributed by atoms with van der Waals surface area (Å²) in [5, 5.41) is 0. The molecule has 0 aromatic carbocycles. The van der Waals surface area contributed by atoms with Crippen molar-refractivity contribution in [1.82, 2.24) is 4.98 Å². The molecule has 0 fully saturated rings. The van der Waals surface area contributed by atoms with E-state index >= 15 is 0 Å². The van der Waals surface area contributed by atoms with Gasteiger partial charge in [-0.25, -0.2) is 4.99 Å². The molecule has 1 aromatic heterocycles. The normalized spacial score (nSPS) is 7.67. The molecule has 0 atom stereocenters. The van der Waals surface area contributed by atoms with Gasteiger partial charge in [-0.05, 0) is 38.3 Å². The second kappa shape index (κ2) is 20.6. The molecule has 0 aliphatic rings. The van der Waals surface area contributed by atoms with Crippen molar-refractivity contribution in [3.8, 4) is 0 Å². The van der Waals surface area contributed by atoms with Crippen LogP contribution in [0.2, 0.25) is 0 Å². The van der Waals surface area contributed by atoms with Crippen molar-refractivity contribution in [3.05, 3.63) is 42.4 Å². The molecule has 1 rings (SSSR count). The number of aliphatic imine (C=N–C) groups is 2. The van der Waals surface area contributed by atoms with E-state index in [1.165, 1.54) is 11.9 Å². The summed E-state index contributed by atoms with van der Waals surface area (Å²) in [5.41, 5.74) is 2.00. The van der Waals surface area contributed by atoms with E-state index < -0.39 is 0 Å². The molecule has 0 saturated carbocycles. The topological polar surface area (TPSA) is 37.6 Å². The molecule has 0 radical (unpaired) electrons. The van der Waals surface area contributed by atoms with Gasteiger partial charge in [0.15, 0.2) is 0 Å². The lowest BCUT2D eigenvalue weighted by Crippen LogP contribution is -1.68. The minimum Gasteiger partial charge on any atom is -0.265 e. The fraction of sp³-hybridized carbons (Fsp3) is 0.400. The van der Waals surface area contributed by atoms with Crippen LogP contribution in [-0.2, 0) is 0 Å². The number of aryl methyl sites for hydroxylation is 1. The Labute approximate surface area is 112 Å². The van der Waals surface area contributed by atoms with E-state index in [4.69, 9.17) is 0 Å². The first-order valence-electron chi connectivity index (χ1n) is 6.17. The molecule has 0 aliphatic carbocycles. The highest BCUT2D eigenvalue weighted by molar-refractivity contribution is 5.62. The Morgan fingerprint density at radius 1 is 1.17 bits per heavy atom. The quantitative estimate of drug-likeness (QED) is 0.553. The lowest BCUT2D eigenvalue weighted by atomic mass is 10.3. The second-order valence-electron chi connectivity index (χ2n) is 2.69. The van der Waals surface area contributed by atoms with E-state index in [-0.39, 0.29) is 0 Å². The lowest BCUT2D eigenvalue weighted by molar-refractivity contribution is 1.29. The highest BCUT2D eigenvalue weighted by Gasteiger charge is 1.73. The number of hydrogen-bond acceptors (Lipinski definition) is 2. The minimum atomic E-state index is 0.743. The zero-order chi connectivity index (χ0) is 14.8. The zero-order valence-corrected chi connectivity index (χ0v) is 12.6. The van der Waals surface area contributed by atoms with Crippen LogP contribution in [-0.4, -0.2) is 18.0 Å². The summed E-state index contributed by atoms with van der Waals surface area (Å²) in [6, 6.07) is 3.94. The second-order valence-corrected chi connectivity index (χ2v) is 2.69. The Balaban J connectivity index is -0.000000196. The van der Waals surface area contributed by atoms with Crippen LogP contribution in [0.3, 0.4) is 0 Å². The SMILES string of the molecule is C=NC=NC(=C)C.CC.CC.Cc1ccncc1. The standard InChI is InChI=1S/C6H7N.C5H8N2.2C2H6/c1-6-2-4-7-5-3-6;1-5(2)7-4-6-3;2*1-2/h2-5H,1H3;4H,1,3H2,2H3;2*1-2H3. The fourth-order valence-electron chi connectivity index (χ4n) is 0.566. The predicted molar refractivity (Wildman–Crippen MR) is 84.5 cm³/mol. The Bertz CT molecular complexity index is 303. The molecule has 3 nitrogen and oxygen atoms in total. The van der Waals surface area contributed by atoms with Crippen LogP contribution in [0.4, 0.5) is 0 Å². The maximum atomic E-state index is 3.85. The minimum absolute atomic E-state index is 0.743. The molecule has 18 heavy (non-hydrogen) atoms. The van der Waals surface area contributed by atoms with Crippen LogP contribution < -0.4 is 0 Å². The third-order valence-corrected chi connectivity index (χ3v) is 1.21. The smallest absolute Gasteiger partial charge is 0.114 e. The Hall–Kier alpha value is -1.77. The summed E-state index contributed by atoms with van der Waals surface area (Å²) >= 11 is 0. The maximum Gasteiger partial charge on any atom is 0.114 e. The molecular formula is C15H27N3. The van der Waals surface area contributed by atoms with E-state index in [1.54, 1.807) is 19.3 Å². The van der Waals surface area contributed by atoms with Gasteiger partial charge in [0.05, 0.1) is 0 Å². The molecule has 3 heteroatoms. The molecule has 1 heterocycles. The van der Waals surface area contributed by atoms with E-state index in [9.17, 15) is 0 Å². The number of nitrogens with zero attached hydrogens (tertiary/aromatic N) is 3. The van der Waals surface area contributed by atoms with Crippen molar-refractivity contribution in [2.24, 2.45) is 9.98 Å². The van der Waals surface area contributed by atoms with Gasteiger partial charge in [-0.15, -0.1) is 0 Å². The first-order valence-corrected chi connectivity index (χ1v) is 6.17. The largest absolute Gasteiger partial charge is 0.265 e. The van der Waals surface area contributed by atoms with Crippen LogP contribution in [0.25, 0.3) is 0 Å². The van der Waals surface area contributed by atoms with Crippen LogP contribution in [0.15, 0.2) is 46.8 Å². The van der Waals surface area contributed by atoms with Crippen molar-refractivity contribution in [2.75, 3.05) is 0 Å². The molecule has 102 valence electrons. The van der Waals surface area contributed by atoms with Gasteiger partial charge in [-0.2, -0.15) is 0 Å². The first-order chi connectivity index (χ1) is 8.66. The van der Waals surface area contributed by atoms with Gasteiger partial charge < -0.3 is 0 Å². The maximum absolute atomic E-state index is 3.85. The summed E-state index contributed by atoms with van der Waals surface area (Å²) in [6.45, 7) is 18.5. The van der Waals surface area contributed by atoms with E-state index in [0.717, 1.165) is 5.70 Å². The van der Waals surface area contributed by atoms with Crippen LogP contribution in [0.1, 0.15) is 40.2 Å². The van der Waals surface area contributed by atoms with Crippen molar-refractivity contribution >= 4 is 13.1 Å². The molecule has 0 aliphatic heterocycles. The average Bonchev–Trinajstić information content (AvgIpc) is 2.42. The average molecular weight is 249 g/mol. The van der Waals surface area contributed by atoms with Crippen LogP contribution in [0, 0.1) is 6.92 Å². The van der Waals surface area contributed by atoms with Gasteiger partial charge in [-0.1, -0.05) is 34.3 Å². The first kappa shape index (κ1) is 21.5. The predicted octanol–water partition coefficient (Wildman–Crippen LogP) is 4.69. The molecule has 0 amide bonds. The number of hydrogen-bond donors (Lipinski definition) is 0. The third-order valence-electron chi connectivity index (χ3n) is 1.21. The molecule has 0 saturated heterocycles. The molecule has 0 bridgehead atoms. The highest BCUT2D eigenvalue weighted by atomic mass is 14.8. The van der Waals surface area contributed by atoms with Gasteiger partial charge in [0, 0.05) is 18.1 Å². The molecule has 0 N–H and O–H groups in total. The molecule has 1 aromatic rings. The summed E-state index contributed by atoms with van der Waals surface area (Å²) in [5.74, 6) is 0. The van der Waals surface area contributed by atoms with Crippen molar-refractivity contribution in [3.63, 3.8) is 0 Å². The van der Waals surface area contributed by atoms with Gasteiger partial charge in [-0.3, -0.25) is 9.98 Å². The van der Waals surface area contributed by atoms with Gasteiger partial charge in [0.1, 0.15) is 6.34 Å². The van der Waals surface area contributed by atoms with Crippen molar-refractivity contribution in [2.45, 2.75) is 41.5 Å². The van der Waals surface area contributed by atoms with Crippen molar-refractivity contribution in [1.29, 1.82) is 0 Å². The van der Waals surface area contributed by atoms with Gasteiger partial charge in [0.25, 0.3) is 0 Å². The summed E-state index contributed by atoms with van der Waals surface area (Å²) in [6.07, 6.45) is 4.94. The number of aromatic nitrogens is 1. The lowest BCUT2D eigenvalue weighted by Gasteiger charge is -1.82.